The monoisotopic (exact) mass is 127 g/mol. The lowest BCUT2D eigenvalue weighted by Crippen LogP contribution is -2.37. The second-order valence-electron chi connectivity index (χ2n) is 1.62. The van der Waals surface area contributed by atoms with Crippen LogP contribution in [0.1, 0.15) is 0 Å². The molecule has 0 radical (unpaired) electrons. The summed E-state index contributed by atoms with van der Waals surface area (Å²) in [6.45, 7) is 0. The number of ether oxygens (including phenoxy) is 1. The van der Waals surface area contributed by atoms with Gasteiger partial charge >= 0.3 is 5.97 Å². The van der Waals surface area contributed by atoms with E-state index in [-0.39, 0.29) is 0 Å². The first-order valence-corrected chi connectivity index (χ1v) is 2.39. The van der Waals surface area contributed by atoms with Crippen molar-refractivity contribution in [2.75, 3.05) is 0 Å². The molecule has 0 bridgehead atoms. The van der Waals surface area contributed by atoms with Crippen LogP contribution < -0.4 is 5.73 Å². The zero-order valence-electron chi connectivity index (χ0n) is 4.53. The van der Waals surface area contributed by atoms with E-state index in [0.717, 1.165) is 6.26 Å². The number of cyclic esters (lactones) is 1. The van der Waals surface area contributed by atoms with Gasteiger partial charge in [0.25, 0.3) is 5.78 Å². The Morgan fingerprint density at radius 2 is 2.22 bits per heavy atom. The lowest BCUT2D eigenvalue weighted by Gasteiger charge is -2.07. The zero-order chi connectivity index (χ0) is 6.85. The van der Waals surface area contributed by atoms with Crippen LogP contribution in [-0.4, -0.2) is 17.8 Å². The number of carbonyl (C=O) groups is 2. The molecule has 4 nitrogen and oxygen atoms in total. The molecule has 9 heavy (non-hydrogen) atoms. The summed E-state index contributed by atoms with van der Waals surface area (Å²) in [5.74, 6) is -1.58. The van der Waals surface area contributed by atoms with E-state index in [2.05, 4.69) is 4.74 Å². The molecule has 0 fully saturated rings. The van der Waals surface area contributed by atoms with Crippen LogP contribution in [0.15, 0.2) is 12.3 Å². The second-order valence-corrected chi connectivity index (χ2v) is 1.62. The Hall–Kier alpha value is -1.16. The van der Waals surface area contributed by atoms with Crippen LogP contribution in [0.4, 0.5) is 0 Å². The maximum Gasteiger partial charge on any atom is 0.381 e. The highest BCUT2D eigenvalue weighted by Gasteiger charge is 2.23. The molecule has 0 amide bonds. The van der Waals surface area contributed by atoms with Crippen LogP contribution in [0.2, 0.25) is 0 Å². The van der Waals surface area contributed by atoms with Gasteiger partial charge in [0.2, 0.25) is 0 Å². The van der Waals surface area contributed by atoms with E-state index < -0.39 is 17.8 Å². The lowest BCUT2D eigenvalue weighted by atomic mass is 10.2. The molecule has 4 heteroatoms. The Morgan fingerprint density at radius 3 is 2.67 bits per heavy atom. The first-order chi connectivity index (χ1) is 4.22. The van der Waals surface area contributed by atoms with Crippen LogP contribution in [0.3, 0.4) is 0 Å². The molecule has 0 aromatic heterocycles. The fraction of sp³-hybridized carbons (Fsp3) is 0.200. The van der Waals surface area contributed by atoms with Crippen LogP contribution in [0.5, 0.6) is 0 Å². The Morgan fingerprint density at radius 1 is 1.56 bits per heavy atom. The normalized spacial score (nSPS) is 26.1. The number of esters is 1. The van der Waals surface area contributed by atoms with E-state index in [1.54, 1.807) is 0 Å². The third kappa shape index (κ3) is 0.972. The summed E-state index contributed by atoms with van der Waals surface area (Å²) in [6, 6.07) is -0.814. The molecular formula is C5H5NO3. The topological polar surface area (TPSA) is 69.4 Å². The highest BCUT2D eigenvalue weighted by atomic mass is 16.5. The molecule has 1 unspecified atom stereocenters. The third-order valence-corrected chi connectivity index (χ3v) is 0.965. The molecule has 1 rings (SSSR count). The van der Waals surface area contributed by atoms with Crippen LogP contribution in [0.25, 0.3) is 0 Å². The molecule has 0 spiro atoms. The minimum absolute atomic E-state index is 0.697. The molecule has 0 aliphatic carbocycles. The van der Waals surface area contributed by atoms with Crippen molar-refractivity contribution in [3.05, 3.63) is 12.3 Å². The predicted molar refractivity (Wildman–Crippen MR) is 28.2 cm³/mol. The van der Waals surface area contributed by atoms with Crippen molar-refractivity contribution in [2.45, 2.75) is 6.04 Å². The van der Waals surface area contributed by atoms with Crippen LogP contribution in [-0.2, 0) is 14.3 Å². The first kappa shape index (κ1) is 5.97. The number of ketones is 1. The molecule has 48 valence electrons. The summed E-state index contributed by atoms with van der Waals surface area (Å²) >= 11 is 0. The van der Waals surface area contributed by atoms with Gasteiger partial charge in [0.05, 0.1) is 12.3 Å². The smallest absolute Gasteiger partial charge is 0.381 e. The summed E-state index contributed by atoms with van der Waals surface area (Å²) in [4.78, 5) is 20.8. The van der Waals surface area contributed by atoms with E-state index >= 15 is 0 Å². The third-order valence-electron chi connectivity index (χ3n) is 0.965. The lowest BCUT2D eigenvalue weighted by molar-refractivity contribution is -0.150. The summed E-state index contributed by atoms with van der Waals surface area (Å²) in [5, 5.41) is 0. The molecule has 0 saturated carbocycles. The van der Waals surface area contributed by atoms with E-state index in [9.17, 15) is 9.59 Å². The molecule has 1 aliphatic heterocycles. The van der Waals surface area contributed by atoms with Gasteiger partial charge in [0.15, 0.2) is 0 Å². The summed E-state index contributed by atoms with van der Waals surface area (Å²) in [5.41, 5.74) is 5.13. The summed E-state index contributed by atoms with van der Waals surface area (Å²) in [7, 11) is 0. The van der Waals surface area contributed by atoms with Crippen LogP contribution >= 0.6 is 0 Å². The van der Waals surface area contributed by atoms with Gasteiger partial charge in [-0.2, -0.15) is 0 Å². The van der Waals surface area contributed by atoms with Gasteiger partial charge < -0.3 is 10.5 Å². The average molecular weight is 127 g/mol. The largest absolute Gasteiger partial charge is 0.429 e. The Labute approximate surface area is 51.3 Å². The van der Waals surface area contributed by atoms with Crippen molar-refractivity contribution in [2.24, 2.45) is 5.73 Å². The van der Waals surface area contributed by atoms with Crippen molar-refractivity contribution in [3.63, 3.8) is 0 Å². The van der Waals surface area contributed by atoms with Gasteiger partial charge in [0, 0.05) is 0 Å². The van der Waals surface area contributed by atoms with Gasteiger partial charge in [-0.05, 0) is 6.08 Å². The second kappa shape index (κ2) is 1.99. The standard InChI is InChI=1S/C5H5NO3/c6-3-1-2-9-5(8)4(3)7/h1-3H,6H2. The van der Waals surface area contributed by atoms with Crippen molar-refractivity contribution in [1.29, 1.82) is 0 Å². The van der Waals surface area contributed by atoms with Gasteiger partial charge in [-0.15, -0.1) is 0 Å². The fourth-order valence-corrected chi connectivity index (χ4v) is 0.467. The highest BCUT2D eigenvalue weighted by Crippen LogP contribution is 1.96. The molecule has 0 aromatic carbocycles. The van der Waals surface area contributed by atoms with Gasteiger partial charge in [-0.1, -0.05) is 0 Å². The van der Waals surface area contributed by atoms with E-state index in [1.165, 1.54) is 6.08 Å². The maximum absolute atomic E-state index is 10.5. The quantitative estimate of drug-likeness (QED) is 0.333. The molecule has 2 N–H and O–H groups in total. The minimum Gasteiger partial charge on any atom is -0.429 e. The number of nitrogens with two attached hydrogens (primary N) is 1. The van der Waals surface area contributed by atoms with Gasteiger partial charge in [-0.3, -0.25) is 4.79 Å². The molecular weight excluding hydrogens is 122 g/mol. The summed E-state index contributed by atoms with van der Waals surface area (Å²) < 4.78 is 4.21. The minimum atomic E-state index is -0.884. The maximum atomic E-state index is 10.5. The number of Topliss-reactive ketones (excluding diaryl/α,β-unsaturated/α-hetero) is 1. The summed E-state index contributed by atoms with van der Waals surface area (Å²) in [6.07, 6.45) is 2.44. The SMILES string of the molecule is NC1C=COC(=O)C1=O. The molecule has 1 atom stereocenters. The van der Waals surface area contributed by atoms with E-state index in [4.69, 9.17) is 5.73 Å². The number of rotatable bonds is 0. The van der Waals surface area contributed by atoms with Crippen LogP contribution in [0, 0.1) is 0 Å². The van der Waals surface area contributed by atoms with Gasteiger partial charge in [0.1, 0.15) is 0 Å². The first-order valence-electron chi connectivity index (χ1n) is 2.39. The fourth-order valence-electron chi connectivity index (χ4n) is 0.467. The molecule has 0 aromatic rings. The molecule has 0 saturated heterocycles. The number of hydrogen-bond acceptors (Lipinski definition) is 4. The number of carbonyl (C=O) groups excluding carboxylic acids is 2. The molecule has 1 aliphatic rings. The van der Waals surface area contributed by atoms with E-state index in [0.29, 0.717) is 0 Å². The average Bonchev–Trinajstić information content (AvgIpc) is 1.83. The highest BCUT2D eigenvalue weighted by molar-refractivity contribution is 6.36. The van der Waals surface area contributed by atoms with Crippen molar-refractivity contribution < 1.29 is 14.3 Å². The van der Waals surface area contributed by atoms with Crippen molar-refractivity contribution in [1.82, 2.24) is 0 Å². The van der Waals surface area contributed by atoms with E-state index in [1.807, 2.05) is 0 Å². The van der Waals surface area contributed by atoms with Crippen molar-refractivity contribution >= 4 is 11.8 Å². The van der Waals surface area contributed by atoms with Crippen molar-refractivity contribution in [3.8, 4) is 0 Å². The molecule has 1 heterocycles. The van der Waals surface area contributed by atoms with Gasteiger partial charge in [-0.25, -0.2) is 4.79 Å². The predicted octanol–water partition coefficient (Wildman–Crippen LogP) is -1.05. The Kier molecular flexibility index (Phi) is 1.32. The Bertz CT molecular complexity index is 185. The zero-order valence-corrected chi connectivity index (χ0v) is 4.53. The number of hydrogen-bond donors (Lipinski definition) is 1. The Balaban J connectivity index is 2.81.